The zero-order valence-electron chi connectivity index (χ0n) is 11.1. The number of carbonyl (C=O) groups excluding carboxylic acids is 1. The molecular weight excluding hydrogens is 246 g/mol. The van der Waals surface area contributed by atoms with Crippen LogP contribution in [0.5, 0.6) is 0 Å². The maximum absolute atomic E-state index is 11.5. The summed E-state index contributed by atoms with van der Waals surface area (Å²) in [4.78, 5) is 11.5. The quantitative estimate of drug-likeness (QED) is 0.830. The number of hydrogen-bond acceptors (Lipinski definition) is 3. The minimum Gasteiger partial charge on any atom is -0.385 e. The molecule has 0 aromatic heterocycles. The Hall–Kier alpha value is -1.00. The van der Waals surface area contributed by atoms with Gasteiger partial charge in [-0.15, -0.1) is 11.8 Å². The van der Waals surface area contributed by atoms with Gasteiger partial charge in [0.1, 0.15) is 0 Å². The lowest BCUT2D eigenvalue weighted by atomic mass is 9.99. The lowest BCUT2D eigenvalue weighted by Gasteiger charge is -2.23. The van der Waals surface area contributed by atoms with Gasteiger partial charge in [-0.25, -0.2) is 0 Å². The molecule has 100 valence electrons. The zero-order valence-corrected chi connectivity index (χ0v) is 12.0. The highest BCUT2D eigenvalue weighted by molar-refractivity contribution is 8.00. The summed E-state index contributed by atoms with van der Waals surface area (Å²) in [5.41, 5.74) is -0.0221. The van der Waals surface area contributed by atoms with Gasteiger partial charge in [0.25, 0.3) is 0 Å². The van der Waals surface area contributed by atoms with Crippen LogP contribution in [0.2, 0.25) is 0 Å². The highest BCUT2D eigenvalue weighted by Crippen LogP contribution is 2.24. The molecule has 1 rings (SSSR count). The number of aliphatic hydroxyl groups is 1. The second kappa shape index (κ2) is 6.81. The monoisotopic (exact) mass is 267 g/mol. The average molecular weight is 267 g/mol. The minimum absolute atomic E-state index is 0.0128. The van der Waals surface area contributed by atoms with E-state index in [4.69, 9.17) is 0 Å². The predicted molar refractivity (Wildman–Crippen MR) is 76.6 cm³/mol. The van der Waals surface area contributed by atoms with E-state index >= 15 is 0 Å². The Morgan fingerprint density at radius 1 is 1.39 bits per heavy atom. The number of rotatable bonds is 6. The number of carbonyl (C=O) groups is 1. The van der Waals surface area contributed by atoms with E-state index in [1.807, 2.05) is 44.2 Å². The fraction of sp³-hybridized carbons (Fsp3) is 0.500. The number of thioether (sulfide) groups is 1. The van der Waals surface area contributed by atoms with Gasteiger partial charge in [0.2, 0.25) is 5.91 Å². The van der Waals surface area contributed by atoms with Crippen LogP contribution in [0.3, 0.4) is 0 Å². The van der Waals surface area contributed by atoms with Crippen LogP contribution in [0.15, 0.2) is 30.3 Å². The van der Waals surface area contributed by atoms with Crippen molar-refractivity contribution in [3.05, 3.63) is 35.9 Å². The van der Waals surface area contributed by atoms with Gasteiger partial charge in [-0.2, -0.15) is 0 Å². The Kier molecular flexibility index (Phi) is 5.69. The van der Waals surface area contributed by atoms with Gasteiger partial charge in [-0.05, 0) is 26.3 Å². The van der Waals surface area contributed by atoms with E-state index in [0.717, 1.165) is 5.56 Å². The predicted octanol–water partition coefficient (Wildman–Crippen LogP) is 2.15. The molecule has 0 aliphatic rings. The average Bonchev–Trinajstić information content (AvgIpc) is 2.29. The highest BCUT2D eigenvalue weighted by Gasteiger charge is 2.22. The van der Waals surface area contributed by atoms with Gasteiger partial charge >= 0.3 is 0 Å². The molecule has 1 aromatic rings. The van der Waals surface area contributed by atoms with Crippen molar-refractivity contribution in [1.82, 2.24) is 5.32 Å². The number of amides is 1. The van der Waals surface area contributed by atoms with Crippen LogP contribution in [-0.2, 0) is 10.4 Å². The first-order chi connectivity index (χ1) is 8.42. The lowest BCUT2D eigenvalue weighted by molar-refractivity contribution is -0.119. The van der Waals surface area contributed by atoms with Crippen LogP contribution in [0.1, 0.15) is 26.3 Å². The SMILES string of the molecule is CC(C)NC(=O)CSCC(C)(O)c1ccccc1. The number of nitrogens with one attached hydrogen (secondary N) is 1. The maximum Gasteiger partial charge on any atom is 0.230 e. The first-order valence-corrected chi connectivity index (χ1v) is 7.22. The fourth-order valence-electron chi connectivity index (χ4n) is 1.59. The summed E-state index contributed by atoms with van der Waals surface area (Å²) in [6.45, 7) is 5.64. The second-order valence-corrected chi connectivity index (χ2v) is 5.84. The van der Waals surface area contributed by atoms with E-state index in [1.165, 1.54) is 11.8 Å². The van der Waals surface area contributed by atoms with E-state index in [-0.39, 0.29) is 11.9 Å². The van der Waals surface area contributed by atoms with Crippen molar-refractivity contribution >= 4 is 17.7 Å². The molecule has 0 heterocycles. The Morgan fingerprint density at radius 2 is 2.00 bits per heavy atom. The molecular formula is C14H21NO2S. The molecule has 1 atom stereocenters. The first kappa shape index (κ1) is 15.1. The third-order valence-electron chi connectivity index (χ3n) is 2.46. The third-order valence-corrected chi connectivity index (χ3v) is 3.69. The fourth-order valence-corrected chi connectivity index (χ4v) is 2.52. The summed E-state index contributed by atoms with van der Waals surface area (Å²) in [6.07, 6.45) is 0. The summed E-state index contributed by atoms with van der Waals surface area (Å²) in [5, 5.41) is 13.2. The maximum atomic E-state index is 11.5. The van der Waals surface area contributed by atoms with Crippen LogP contribution < -0.4 is 5.32 Å². The van der Waals surface area contributed by atoms with Crippen molar-refractivity contribution in [2.24, 2.45) is 0 Å². The largest absolute Gasteiger partial charge is 0.385 e. The molecule has 1 unspecified atom stereocenters. The van der Waals surface area contributed by atoms with Crippen molar-refractivity contribution in [2.45, 2.75) is 32.4 Å². The van der Waals surface area contributed by atoms with Crippen LogP contribution in [-0.4, -0.2) is 28.6 Å². The minimum atomic E-state index is -0.899. The molecule has 0 spiro atoms. The van der Waals surface area contributed by atoms with Crippen LogP contribution in [0.25, 0.3) is 0 Å². The Labute approximate surface area is 113 Å². The van der Waals surface area contributed by atoms with Crippen LogP contribution >= 0.6 is 11.8 Å². The molecule has 0 aliphatic heterocycles. The summed E-state index contributed by atoms with van der Waals surface area (Å²) in [5.74, 6) is 0.891. The van der Waals surface area contributed by atoms with E-state index in [9.17, 15) is 9.90 Å². The van der Waals surface area contributed by atoms with E-state index in [2.05, 4.69) is 5.32 Å². The molecule has 0 saturated heterocycles. The summed E-state index contributed by atoms with van der Waals surface area (Å²) in [7, 11) is 0. The van der Waals surface area contributed by atoms with Gasteiger partial charge in [0, 0.05) is 11.8 Å². The molecule has 1 aromatic carbocycles. The normalized spacial score (nSPS) is 14.3. The Balaban J connectivity index is 2.41. The molecule has 0 fully saturated rings. The standard InChI is InChI=1S/C14H21NO2S/c1-11(2)15-13(16)9-18-10-14(3,17)12-7-5-4-6-8-12/h4-8,11,17H,9-10H2,1-3H3,(H,15,16). The van der Waals surface area contributed by atoms with Gasteiger partial charge < -0.3 is 10.4 Å². The van der Waals surface area contributed by atoms with Crippen molar-refractivity contribution in [1.29, 1.82) is 0 Å². The molecule has 0 saturated carbocycles. The molecule has 3 nitrogen and oxygen atoms in total. The Bertz CT molecular complexity index is 377. The van der Waals surface area contributed by atoms with Gasteiger partial charge in [-0.3, -0.25) is 4.79 Å². The lowest BCUT2D eigenvalue weighted by Crippen LogP contribution is -2.32. The van der Waals surface area contributed by atoms with Crippen molar-refractivity contribution in [2.75, 3.05) is 11.5 Å². The van der Waals surface area contributed by atoms with Crippen molar-refractivity contribution in [3.8, 4) is 0 Å². The number of benzene rings is 1. The van der Waals surface area contributed by atoms with Gasteiger partial charge in [0.05, 0.1) is 11.4 Å². The highest BCUT2D eigenvalue weighted by atomic mass is 32.2. The molecule has 18 heavy (non-hydrogen) atoms. The molecule has 4 heteroatoms. The number of hydrogen-bond donors (Lipinski definition) is 2. The summed E-state index contributed by atoms with van der Waals surface area (Å²) < 4.78 is 0. The topological polar surface area (TPSA) is 49.3 Å². The van der Waals surface area contributed by atoms with E-state index < -0.39 is 5.60 Å². The van der Waals surface area contributed by atoms with E-state index in [1.54, 1.807) is 6.92 Å². The first-order valence-electron chi connectivity index (χ1n) is 6.07. The summed E-state index contributed by atoms with van der Waals surface area (Å²) in [6, 6.07) is 9.68. The van der Waals surface area contributed by atoms with E-state index in [0.29, 0.717) is 11.5 Å². The smallest absolute Gasteiger partial charge is 0.230 e. The molecule has 0 radical (unpaired) electrons. The van der Waals surface area contributed by atoms with Gasteiger partial charge in [0.15, 0.2) is 0 Å². The second-order valence-electron chi connectivity index (χ2n) is 4.85. The van der Waals surface area contributed by atoms with Gasteiger partial charge in [-0.1, -0.05) is 30.3 Å². The van der Waals surface area contributed by atoms with Crippen LogP contribution in [0.4, 0.5) is 0 Å². The molecule has 0 bridgehead atoms. The molecule has 0 aliphatic carbocycles. The summed E-state index contributed by atoms with van der Waals surface area (Å²) >= 11 is 1.44. The van der Waals surface area contributed by atoms with Crippen molar-refractivity contribution in [3.63, 3.8) is 0 Å². The molecule has 1 amide bonds. The Morgan fingerprint density at radius 3 is 2.56 bits per heavy atom. The van der Waals surface area contributed by atoms with Crippen molar-refractivity contribution < 1.29 is 9.90 Å². The zero-order chi connectivity index (χ0) is 13.6. The third kappa shape index (κ3) is 5.10. The van der Waals surface area contributed by atoms with Crippen LogP contribution in [0, 0.1) is 0 Å². The molecule has 2 N–H and O–H groups in total.